The largest absolute Gasteiger partial charge is 0.450 e. The van der Waals surface area contributed by atoms with Crippen molar-refractivity contribution in [1.29, 1.82) is 0 Å². The van der Waals surface area contributed by atoms with E-state index in [0.29, 0.717) is 11.5 Å². The number of nitrogens with zero attached hydrogens (tertiary/aromatic N) is 2. The van der Waals surface area contributed by atoms with Crippen LogP contribution in [-0.2, 0) is 4.74 Å². The average molecular weight is 341 g/mol. The van der Waals surface area contributed by atoms with Crippen molar-refractivity contribution < 1.29 is 13.9 Å². The molecule has 23 heavy (non-hydrogen) atoms. The lowest BCUT2D eigenvalue weighted by molar-refractivity contribution is 0.168. The van der Waals surface area contributed by atoms with E-state index in [-0.39, 0.29) is 30.6 Å². The molecule has 0 saturated heterocycles. The molecule has 0 fully saturated rings. The molecule has 3 N–H and O–H groups in total. The van der Waals surface area contributed by atoms with Crippen LogP contribution in [0.25, 0.3) is 0 Å². The van der Waals surface area contributed by atoms with E-state index < -0.39 is 6.09 Å². The Kier molecular flexibility index (Phi) is 6.59. The van der Waals surface area contributed by atoms with Crippen molar-refractivity contribution in [2.75, 3.05) is 29.6 Å². The molecule has 1 heterocycles. The van der Waals surface area contributed by atoms with Crippen molar-refractivity contribution in [1.82, 2.24) is 4.98 Å². The predicted octanol–water partition coefficient (Wildman–Crippen LogP) is 3.56. The Labute approximate surface area is 139 Å². The van der Waals surface area contributed by atoms with E-state index in [1.165, 1.54) is 12.1 Å². The molecule has 0 radical (unpaired) electrons. The Bertz CT molecular complexity index is 667. The number of amides is 1. The van der Waals surface area contributed by atoms with Gasteiger partial charge in [-0.15, -0.1) is 12.4 Å². The third kappa shape index (κ3) is 4.72. The second-order valence-corrected chi connectivity index (χ2v) is 4.48. The molecule has 6 nitrogen and oxygen atoms in total. The second-order valence-electron chi connectivity index (χ2n) is 4.48. The van der Waals surface area contributed by atoms with Crippen LogP contribution in [0, 0.1) is 5.82 Å². The molecule has 0 atom stereocenters. The molecule has 0 aliphatic carbocycles. The minimum Gasteiger partial charge on any atom is -0.450 e. The molecule has 1 aromatic heterocycles. The fraction of sp³-hybridized carbons (Fsp3) is 0.200. The summed E-state index contributed by atoms with van der Waals surface area (Å²) < 4.78 is 17.7. The zero-order valence-corrected chi connectivity index (χ0v) is 13.6. The maximum atomic E-state index is 12.9. The fourth-order valence-electron chi connectivity index (χ4n) is 1.83. The maximum Gasteiger partial charge on any atom is 0.411 e. The van der Waals surface area contributed by atoms with Crippen LogP contribution in [0.4, 0.5) is 32.2 Å². The third-order valence-corrected chi connectivity index (χ3v) is 2.98. The molecule has 0 bridgehead atoms. The number of carbonyl (C=O) groups excluding carboxylic acids is 1. The molecule has 0 saturated carbocycles. The van der Waals surface area contributed by atoms with Crippen molar-refractivity contribution in [3.05, 3.63) is 42.2 Å². The Morgan fingerprint density at radius 2 is 1.96 bits per heavy atom. The molecule has 0 unspecified atom stereocenters. The van der Waals surface area contributed by atoms with Gasteiger partial charge in [0.25, 0.3) is 0 Å². The molecule has 0 spiro atoms. The predicted molar refractivity (Wildman–Crippen MR) is 91.0 cm³/mol. The van der Waals surface area contributed by atoms with Crippen molar-refractivity contribution in [3.63, 3.8) is 0 Å². The summed E-state index contributed by atoms with van der Waals surface area (Å²) in [4.78, 5) is 17.4. The summed E-state index contributed by atoms with van der Waals surface area (Å²) in [5.41, 5.74) is 6.97. The van der Waals surface area contributed by atoms with Crippen LogP contribution >= 0.6 is 12.4 Å². The van der Waals surface area contributed by atoms with Crippen molar-refractivity contribution in [3.8, 4) is 0 Å². The van der Waals surface area contributed by atoms with Gasteiger partial charge in [-0.25, -0.2) is 14.2 Å². The lowest BCUT2D eigenvalue weighted by Gasteiger charge is -2.19. The standard InChI is InChI=1S/C15H17FN4O2.ClH/c1-3-22-15(21)18-12-8-9-13(19-14(12)17)20(2)11-6-4-10(16)5-7-11;/h4-9H,3H2,1-2H3,(H2,17,19)(H,18,21);1H. The molecule has 2 aromatic rings. The summed E-state index contributed by atoms with van der Waals surface area (Å²) in [5, 5.41) is 2.51. The van der Waals surface area contributed by atoms with Crippen LogP contribution in [0.2, 0.25) is 0 Å². The number of nitrogens with one attached hydrogen (secondary N) is 1. The number of nitrogens with two attached hydrogens (primary N) is 1. The number of hydrogen-bond acceptors (Lipinski definition) is 5. The van der Waals surface area contributed by atoms with Gasteiger partial charge in [0.1, 0.15) is 17.5 Å². The smallest absolute Gasteiger partial charge is 0.411 e. The molecule has 1 aromatic carbocycles. The van der Waals surface area contributed by atoms with E-state index in [1.807, 2.05) is 0 Å². The van der Waals surface area contributed by atoms with Gasteiger partial charge in [-0.1, -0.05) is 0 Å². The number of hydrogen-bond donors (Lipinski definition) is 2. The summed E-state index contributed by atoms with van der Waals surface area (Å²) in [6, 6.07) is 9.34. The molecule has 0 aliphatic rings. The number of anilines is 4. The average Bonchev–Trinajstić information content (AvgIpc) is 2.49. The normalized spacial score (nSPS) is 9.70. The zero-order chi connectivity index (χ0) is 16.1. The number of nitrogen functional groups attached to an aromatic ring is 1. The van der Waals surface area contributed by atoms with Crippen LogP contribution in [0.5, 0.6) is 0 Å². The van der Waals surface area contributed by atoms with Gasteiger partial charge in [0.05, 0.1) is 12.3 Å². The summed E-state index contributed by atoms with van der Waals surface area (Å²) in [6.45, 7) is 1.98. The lowest BCUT2D eigenvalue weighted by Crippen LogP contribution is -2.16. The Morgan fingerprint density at radius 3 is 2.52 bits per heavy atom. The van der Waals surface area contributed by atoms with Crippen LogP contribution < -0.4 is 16.0 Å². The summed E-state index contributed by atoms with van der Waals surface area (Å²) in [6.07, 6.45) is -0.587. The number of aromatic nitrogens is 1. The highest BCUT2D eigenvalue weighted by Crippen LogP contribution is 2.26. The molecule has 124 valence electrons. The van der Waals surface area contributed by atoms with Gasteiger partial charge < -0.3 is 15.4 Å². The lowest BCUT2D eigenvalue weighted by atomic mass is 10.3. The Morgan fingerprint density at radius 1 is 1.30 bits per heavy atom. The first kappa shape index (κ1) is 18.5. The highest BCUT2D eigenvalue weighted by molar-refractivity contribution is 5.88. The number of halogens is 2. The number of pyridine rings is 1. The van der Waals surface area contributed by atoms with Crippen molar-refractivity contribution in [2.24, 2.45) is 0 Å². The fourth-order valence-corrected chi connectivity index (χ4v) is 1.83. The van der Waals surface area contributed by atoms with Gasteiger partial charge in [0.2, 0.25) is 0 Å². The topological polar surface area (TPSA) is 80.5 Å². The number of rotatable bonds is 4. The maximum absolute atomic E-state index is 12.9. The van der Waals surface area contributed by atoms with E-state index in [4.69, 9.17) is 10.5 Å². The van der Waals surface area contributed by atoms with Gasteiger partial charge in [-0.3, -0.25) is 5.32 Å². The molecular formula is C15H18ClFN4O2. The number of ether oxygens (including phenoxy) is 1. The number of carbonyl (C=O) groups is 1. The monoisotopic (exact) mass is 340 g/mol. The first-order chi connectivity index (χ1) is 10.5. The molecule has 0 aliphatic heterocycles. The van der Waals surface area contributed by atoms with E-state index >= 15 is 0 Å². The first-order valence-electron chi connectivity index (χ1n) is 6.71. The van der Waals surface area contributed by atoms with E-state index in [1.54, 1.807) is 43.1 Å². The molecule has 1 amide bonds. The van der Waals surface area contributed by atoms with Crippen LogP contribution in [0.1, 0.15) is 6.92 Å². The molecular weight excluding hydrogens is 323 g/mol. The van der Waals surface area contributed by atoms with Crippen molar-refractivity contribution >= 4 is 41.5 Å². The summed E-state index contributed by atoms with van der Waals surface area (Å²) in [7, 11) is 1.79. The van der Waals surface area contributed by atoms with Gasteiger partial charge >= 0.3 is 6.09 Å². The second kappa shape index (κ2) is 8.19. The van der Waals surface area contributed by atoms with Crippen LogP contribution in [-0.4, -0.2) is 24.7 Å². The third-order valence-electron chi connectivity index (χ3n) is 2.98. The zero-order valence-electron chi connectivity index (χ0n) is 12.7. The molecule has 2 rings (SSSR count). The van der Waals surface area contributed by atoms with E-state index in [2.05, 4.69) is 10.3 Å². The van der Waals surface area contributed by atoms with Gasteiger partial charge in [-0.05, 0) is 43.3 Å². The minimum atomic E-state index is -0.587. The van der Waals surface area contributed by atoms with E-state index in [0.717, 1.165) is 5.69 Å². The minimum absolute atomic E-state index is 0. The highest BCUT2D eigenvalue weighted by Gasteiger charge is 2.10. The van der Waals surface area contributed by atoms with Crippen LogP contribution in [0.15, 0.2) is 36.4 Å². The first-order valence-corrected chi connectivity index (χ1v) is 6.71. The van der Waals surface area contributed by atoms with Crippen molar-refractivity contribution in [2.45, 2.75) is 6.92 Å². The molecule has 8 heteroatoms. The quantitative estimate of drug-likeness (QED) is 0.889. The number of benzene rings is 1. The van der Waals surface area contributed by atoms with Gasteiger partial charge in [0, 0.05) is 12.7 Å². The van der Waals surface area contributed by atoms with Gasteiger partial charge in [0.15, 0.2) is 0 Å². The summed E-state index contributed by atoms with van der Waals surface area (Å²) in [5.74, 6) is 0.427. The SMILES string of the molecule is CCOC(=O)Nc1ccc(N(C)c2ccc(F)cc2)nc1N.Cl. The Hall–Kier alpha value is -2.54. The van der Waals surface area contributed by atoms with E-state index in [9.17, 15) is 9.18 Å². The highest BCUT2D eigenvalue weighted by atomic mass is 35.5. The summed E-state index contributed by atoms with van der Waals surface area (Å²) >= 11 is 0. The van der Waals surface area contributed by atoms with Gasteiger partial charge in [-0.2, -0.15) is 0 Å². The van der Waals surface area contributed by atoms with Crippen LogP contribution in [0.3, 0.4) is 0 Å². The Balaban J connectivity index is 0.00000264.